The van der Waals surface area contributed by atoms with Gasteiger partial charge < -0.3 is 9.32 Å². The third-order valence-electron chi connectivity index (χ3n) is 12.6. The minimum Gasteiger partial charge on any atom is -0.454 e. The Morgan fingerprint density at radius 1 is 0.460 bits per heavy atom. The highest BCUT2D eigenvalue weighted by atomic mass is 32.1. The maximum atomic E-state index is 7.18. The zero-order chi connectivity index (χ0) is 41.7. The largest absolute Gasteiger partial charge is 0.454 e. The summed E-state index contributed by atoms with van der Waals surface area (Å²) in [7, 11) is 0. The third kappa shape index (κ3) is 6.48. The van der Waals surface area contributed by atoms with E-state index < -0.39 is 0 Å². The average molecular weight is 824 g/mol. The molecule has 0 spiro atoms. The van der Waals surface area contributed by atoms with Crippen LogP contribution in [-0.2, 0) is 0 Å². The maximum Gasteiger partial charge on any atom is 0.159 e. The summed E-state index contributed by atoms with van der Waals surface area (Å²) >= 11 is 1.88. The van der Waals surface area contributed by atoms with Crippen molar-refractivity contribution in [2.75, 3.05) is 4.90 Å². The van der Waals surface area contributed by atoms with Crippen LogP contribution in [0.5, 0.6) is 0 Å². The molecule has 2 aromatic heterocycles. The number of thiophene rings is 1. The molecule has 11 aromatic rings. The highest BCUT2D eigenvalue weighted by Crippen LogP contribution is 2.54. The quantitative estimate of drug-likeness (QED) is 0.152. The van der Waals surface area contributed by atoms with Gasteiger partial charge in [0.2, 0.25) is 0 Å². The van der Waals surface area contributed by atoms with Gasteiger partial charge in [-0.3, -0.25) is 0 Å². The first-order chi connectivity index (χ1) is 31.3. The Labute approximate surface area is 370 Å². The zero-order valence-electron chi connectivity index (χ0n) is 34.5. The summed E-state index contributed by atoms with van der Waals surface area (Å²) in [6.07, 6.45) is 9.94. The minimum atomic E-state index is 0.172. The number of fused-ring (bicyclic) bond motifs is 6. The second-order valence-corrected chi connectivity index (χ2v) is 17.4. The van der Waals surface area contributed by atoms with Gasteiger partial charge in [0.05, 0.1) is 17.1 Å². The third-order valence-corrected chi connectivity index (χ3v) is 13.8. The molecule has 1 aliphatic rings. The van der Waals surface area contributed by atoms with Crippen molar-refractivity contribution in [3.8, 4) is 44.5 Å². The molecule has 0 saturated carbocycles. The number of hydrogen-bond donors (Lipinski definition) is 0. The van der Waals surface area contributed by atoms with Crippen LogP contribution in [0.1, 0.15) is 17.9 Å². The molecular formula is C60H41NOS. The van der Waals surface area contributed by atoms with E-state index in [0.29, 0.717) is 0 Å². The van der Waals surface area contributed by atoms with E-state index in [-0.39, 0.29) is 5.92 Å². The molecule has 12 rings (SSSR count). The lowest BCUT2D eigenvalue weighted by atomic mass is 9.87. The molecule has 9 aromatic carbocycles. The summed E-state index contributed by atoms with van der Waals surface area (Å²) in [4.78, 5) is 2.54. The van der Waals surface area contributed by atoms with E-state index in [1.165, 1.54) is 64.7 Å². The molecule has 0 saturated heterocycles. The van der Waals surface area contributed by atoms with Crippen molar-refractivity contribution < 1.29 is 4.42 Å². The van der Waals surface area contributed by atoms with Crippen LogP contribution in [0.4, 0.5) is 17.1 Å². The normalized spacial score (nSPS) is 13.7. The molecule has 298 valence electrons. The van der Waals surface area contributed by atoms with Crippen molar-refractivity contribution >= 4 is 70.5 Å². The fourth-order valence-corrected chi connectivity index (χ4v) is 10.9. The standard InChI is InChI=1S/C60H41NOS/c1-6-18-40(19-7-1)45-32-34-50-51-30-17-31-54(59(51)62-55(50)38-45)61(58-47(42-22-10-3-11-23-42)28-16-29-48(58)43-24-12-4-13-25-43)53-37-36-49(44-26-14-5-15-27-44)60-57(53)52-35-33-46(39-56(52)63-60)41-20-8-2-9-21-41/h1-24,26-39,43H,25H2. The lowest BCUT2D eigenvalue weighted by Gasteiger charge is -2.33. The van der Waals surface area contributed by atoms with E-state index in [9.17, 15) is 0 Å². The van der Waals surface area contributed by atoms with Crippen molar-refractivity contribution in [3.05, 3.63) is 236 Å². The molecule has 2 heterocycles. The van der Waals surface area contributed by atoms with Crippen LogP contribution in [-0.4, -0.2) is 0 Å². The second-order valence-electron chi connectivity index (χ2n) is 16.3. The topological polar surface area (TPSA) is 16.4 Å². The van der Waals surface area contributed by atoms with Crippen molar-refractivity contribution in [1.82, 2.24) is 0 Å². The van der Waals surface area contributed by atoms with Gasteiger partial charge >= 0.3 is 0 Å². The number of hydrogen-bond acceptors (Lipinski definition) is 3. The smallest absolute Gasteiger partial charge is 0.159 e. The molecule has 0 fully saturated rings. The average Bonchev–Trinajstić information content (AvgIpc) is 3.94. The van der Waals surface area contributed by atoms with Gasteiger partial charge in [-0.25, -0.2) is 0 Å². The predicted octanol–water partition coefficient (Wildman–Crippen LogP) is 17.7. The number of benzene rings is 9. The fourth-order valence-electron chi connectivity index (χ4n) is 9.62. The molecule has 3 heteroatoms. The SMILES string of the molecule is C1=CCC(c2cccc(-c3ccccc3)c2N(c2cccc3c2oc2cc(-c4ccccc4)ccc23)c2ccc(-c3ccccc3)c3sc4cc(-c5ccccc5)ccc4c23)C=C1. The van der Waals surface area contributed by atoms with Crippen molar-refractivity contribution in [3.63, 3.8) is 0 Å². The van der Waals surface area contributed by atoms with Crippen LogP contribution in [0.25, 0.3) is 86.6 Å². The van der Waals surface area contributed by atoms with Crippen LogP contribution in [0.2, 0.25) is 0 Å². The highest BCUT2D eigenvalue weighted by Gasteiger charge is 2.29. The summed E-state index contributed by atoms with van der Waals surface area (Å²) in [5.41, 5.74) is 15.7. The van der Waals surface area contributed by atoms with Gasteiger partial charge in [-0.05, 0) is 81.3 Å². The first-order valence-electron chi connectivity index (χ1n) is 21.7. The molecule has 0 N–H and O–H groups in total. The highest BCUT2D eigenvalue weighted by molar-refractivity contribution is 7.26. The Hall–Kier alpha value is -7.72. The van der Waals surface area contributed by atoms with E-state index in [0.717, 1.165) is 51.0 Å². The molecule has 0 radical (unpaired) electrons. The summed E-state index contributed by atoms with van der Waals surface area (Å²) in [5, 5.41) is 4.65. The van der Waals surface area contributed by atoms with E-state index in [2.05, 4.69) is 235 Å². The lowest BCUT2D eigenvalue weighted by molar-refractivity contribution is 0.669. The van der Waals surface area contributed by atoms with Crippen molar-refractivity contribution in [1.29, 1.82) is 0 Å². The number of anilines is 3. The molecule has 0 amide bonds. The van der Waals surface area contributed by atoms with Crippen LogP contribution in [0, 0.1) is 0 Å². The Bertz CT molecular complexity index is 3530. The summed E-state index contributed by atoms with van der Waals surface area (Å²) in [6.45, 7) is 0. The van der Waals surface area contributed by atoms with Crippen LogP contribution < -0.4 is 4.90 Å². The number of nitrogens with zero attached hydrogens (tertiary/aromatic N) is 1. The maximum absolute atomic E-state index is 7.18. The Balaban J connectivity index is 1.20. The molecule has 1 atom stereocenters. The van der Waals surface area contributed by atoms with Crippen LogP contribution in [0.3, 0.4) is 0 Å². The van der Waals surface area contributed by atoms with E-state index >= 15 is 0 Å². The summed E-state index contributed by atoms with van der Waals surface area (Å²) in [5.74, 6) is 0.172. The predicted molar refractivity (Wildman–Crippen MR) is 269 cm³/mol. The molecule has 1 aliphatic carbocycles. The minimum absolute atomic E-state index is 0.172. The molecule has 0 aliphatic heterocycles. The molecule has 63 heavy (non-hydrogen) atoms. The number of allylic oxidation sites excluding steroid dienone is 4. The van der Waals surface area contributed by atoms with E-state index in [1.807, 2.05) is 11.3 Å². The first-order valence-corrected chi connectivity index (χ1v) is 22.5. The molecule has 2 nitrogen and oxygen atoms in total. The van der Waals surface area contributed by atoms with Gasteiger partial charge in [0.1, 0.15) is 5.58 Å². The Morgan fingerprint density at radius 3 is 1.78 bits per heavy atom. The number of para-hydroxylation sites is 2. The molecule has 1 unspecified atom stereocenters. The number of furan rings is 1. The zero-order valence-corrected chi connectivity index (χ0v) is 35.3. The van der Waals surface area contributed by atoms with Crippen molar-refractivity contribution in [2.45, 2.75) is 12.3 Å². The second kappa shape index (κ2) is 15.6. The van der Waals surface area contributed by atoms with Crippen LogP contribution >= 0.6 is 11.3 Å². The van der Waals surface area contributed by atoms with Crippen LogP contribution in [0.15, 0.2) is 235 Å². The Morgan fingerprint density at radius 2 is 1.10 bits per heavy atom. The molecular weight excluding hydrogens is 783 g/mol. The summed E-state index contributed by atoms with van der Waals surface area (Å²) < 4.78 is 9.69. The van der Waals surface area contributed by atoms with Gasteiger partial charge in [0.25, 0.3) is 0 Å². The lowest BCUT2D eigenvalue weighted by Crippen LogP contribution is -2.16. The van der Waals surface area contributed by atoms with E-state index in [4.69, 9.17) is 4.42 Å². The van der Waals surface area contributed by atoms with Gasteiger partial charge in [-0.15, -0.1) is 11.3 Å². The summed E-state index contributed by atoms with van der Waals surface area (Å²) in [6, 6.07) is 74.9. The molecule has 0 bridgehead atoms. The van der Waals surface area contributed by atoms with Gasteiger partial charge in [0.15, 0.2) is 5.58 Å². The number of rotatable bonds is 8. The van der Waals surface area contributed by atoms with Gasteiger partial charge in [-0.1, -0.05) is 200 Å². The Kier molecular flexibility index (Phi) is 9.20. The monoisotopic (exact) mass is 823 g/mol. The first kappa shape index (κ1) is 37.1. The fraction of sp³-hybridized carbons (Fsp3) is 0.0333. The van der Waals surface area contributed by atoms with Crippen molar-refractivity contribution in [2.24, 2.45) is 0 Å². The van der Waals surface area contributed by atoms with E-state index in [1.54, 1.807) is 0 Å². The van der Waals surface area contributed by atoms with Gasteiger partial charge in [0, 0.05) is 42.4 Å². The van der Waals surface area contributed by atoms with Gasteiger partial charge in [-0.2, -0.15) is 0 Å².